The molecule has 194 valence electrons. The van der Waals surface area contributed by atoms with Crippen LogP contribution in [0.3, 0.4) is 0 Å². The van der Waals surface area contributed by atoms with Crippen molar-refractivity contribution in [2.75, 3.05) is 13.7 Å². The number of ether oxygens (including phenoxy) is 1. The molecule has 0 unspecified atom stereocenters. The average Bonchev–Trinajstić information content (AvgIpc) is 2.96. The molecule has 1 heterocycles. The van der Waals surface area contributed by atoms with Gasteiger partial charge in [0.05, 0.1) is 28.0 Å². The Balaban J connectivity index is 1.40. The largest absolute Gasteiger partial charge is 0.452 e. The van der Waals surface area contributed by atoms with Crippen LogP contribution in [0.2, 0.25) is 0 Å². The van der Waals surface area contributed by atoms with Gasteiger partial charge in [-0.1, -0.05) is 90.0 Å². The van der Waals surface area contributed by atoms with E-state index in [9.17, 15) is 9.59 Å². The second-order valence-electron chi connectivity index (χ2n) is 9.67. The highest BCUT2D eigenvalue weighted by Gasteiger charge is 2.17. The lowest BCUT2D eigenvalue weighted by atomic mass is 10.0. The molecule has 6 nitrogen and oxygen atoms in total. The number of carbonyl (C=O) groups excluding carboxylic acids is 2. The Morgan fingerprint density at radius 1 is 0.718 bits per heavy atom. The molecule has 5 rings (SSSR count). The number of hydrogen-bond donors (Lipinski definition) is 0. The zero-order chi connectivity index (χ0) is 27.4. The normalized spacial score (nSPS) is 10.8. The minimum atomic E-state index is -0.584. The van der Waals surface area contributed by atoms with Crippen LogP contribution in [0, 0.1) is 13.8 Å². The van der Waals surface area contributed by atoms with Gasteiger partial charge in [-0.25, -0.2) is 14.8 Å². The fourth-order valence-corrected chi connectivity index (χ4v) is 4.27. The molecule has 0 aliphatic heterocycles. The van der Waals surface area contributed by atoms with E-state index in [1.807, 2.05) is 80.6 Å². The van der Waals surface area contributed by atoms with Crippen molar-refractivity contribution < 1.29 is 14.3 Å². The van der Waals surface area contributed by atoms with Crippen molar-refractivity contribution in [3.63, 3.8) is 0 Å². The molecule has 0 saturated heterocycles. The standard InChI is InChI=1S/C33H29N3O3/c1-22-9-13-25(14-10-22)31-32(26-15-11-23(2)12-16-26)35-29-19-27(17-18-28(29)34-31)33(38)39-21-30(37)36(3)20-24-7-5-4-6-8-24/h4-19H,20-21H2,1-3H3. The molecule has 1 amide bonds. The fourth-order valence-electron chi connectivity index (χ4n) is 4.27. The van der Waals surface area contributed by atoms with E-state index in [1.165, 1.54) is 4.90 Å². The van der Waals surface area contributed by atoms with E-state index in [0.717, 1.165) is 39.2 Å². The number of hydrogen-bond acceptors (Lipinski definition) is 5. The molecule has 0 spiro atoms. The summed E-state index contributed by atoms with van der Waals surface area (Å²) in [7, 11) is 1.69. The van der Waals surface area contributed by atoms with Crippen molar-refractivity contribution >= 4 is 22.9 Å². The summed E-state index contributed by atoms with van der Waals surface area (Å²) in [4.78, 5) is 36.8. The molecule has 0 bridgehead atoms. The molecule has 0 atom stereocenters. The first kappa shape index (κ1) is 25.8. The van der Waals surface area contributed by atoms with Crippen molar-refractivity contribution in [2.24, 2.45) is 0 Å². The number of fused-ring (bicyclic) bond motifs is 1. The predicted octanol–water partition coefficient (Wildman–Crippen LogP) is 6.40. The molecule has 5 aromatic rings. The minimum Gasteiger partial charge on any atom is -0.452 e. The fraction of sp³-hybridized carbons (Fsp3) is 0.152. The van der Waals surface area contributed by atoms with Crippen molar-refractivity contribution in [1.82, 2.24) is 14.9 Å². The summed E-state index contributed by atoms with van der Waals surface area (Å²) < 4.78 is 5.35. The molecule has 0 N–H and O–H groups in total. The zero-order valence-electron chi connectivity index (χ0n) is 22.2. The Kier molecular flexibility index (Phi) is 7.46. The van der Waals surface area contributed by atoms with Crippen molar-refractivity contribution in [1.29, 1.82) is 0 Å². The van der Waals surface area contributed by atoms with Gasteiger partial charge in [-0.05, 0) is 37.6 Å². The molecule has 0 aliphatic carbocycles. The van der Waals surface area contributed by atoms with Crippen LogP contribution in [-0.4, -0.2) is 40.4 Å². The maximum atomic E-state index is 12.8. The maximum Gasteiger partial charge on any atom is 0.338 e. The topological polar surface area (TPSA) is 72.4 Å². The number of aromatic nitrogens is 2. The van der Waals surface area contributed by atoms with Gasteiger partial charge in [0.1, 0.15) is 0 Å². The summed E-state index contributed by atoms with van der Waals surface area (Å²) in [5.74, 6) is -0.864. The van der Waals surface area contributed by atoms with Crippen LogP contribution in [0.4, 0.5) is 0 Å². The van der Waals surface area contributed by atoms with E-state index in [-0.39, 0.29) is 12.5 Å². The summed E-state index contributed by atoms with van der Waals surface area (Å²) in [6, 6.07) is 31.1. The highest BCUT2D eigenvalue weighted by molar-refractivity contribution is 5.96. The molecule has 39 heavy (non-hydrogen) atoms. The average molecular weight is 516 g/mol. The Morgan fingerprint density at radius 3 is 1.87 bits per heavy atom. The second-order valence-corrected chi connectivity index (χ2v) is 9.67. The third-order valence-corrected chi connectivity index (χ3v) is 6.56. The van der Waals surface area contributed by atoms with Gasteiger partial charge in [0.15, 0.2) is 6.61 Å². The summed E-state index contributed by atoms with van der Waals surface area (Å²) >= 11 is 0. The van der Waals surface area contributed by atoms with E-state index in [4.69, 9.17) is 14.7 Å². The Morgan fingerprint density at radius 2 is 1.28 bits per heavy atom. The summed E-state index contributed by atoms with van der Waals surface area (Å²) in [6.45, 7) is 4.19. The van der Waals surface area contributed by atoms with Gasteiger partial charge in [0, 0.05) is 24.7 Å². The Bertz CT molecular complexity index is 1630. The molecular formula is C33H29N3O3. The first-order valence-corrected chi connectivity index (χ1v) is 12.8. The third kappa shape index (κ3) is 6.02. The van der Waals surface area contributed by atoms with Crippen LogP contribution < -0.4 is 0 Å². The number of amides is 1. The first-order valence-electron chi connectivity index (χ1n) is 12.8. The molecule has 4 aromatic carbocycles. The molecule has 0 saturated carbocycles. The molecule has 0 fully saturated rings. The van der Waals surface area contributed by atoms with Gasteiger partial charge in [-0.2, -0.15) is 0 Å². The van der Waals surface area contributed by atoms with Gasteiger partial charge in [-0.3, -0.25) is 4.79 Å². The molecule has 0 radical (unpaired) electrons. The van der Waals surface area contributed by atoms with Gasteiger partial charge < -0.3 is 9.64 Å². The lowest BCUT2D eigenvalue weighted by Crippen LogP contribution is -2.30. The Hall–Kier alpha value is -4.84. The van der Waals surface area contributed by atoms with Gasteiger partial charge >= 0.3 is 5.97 Å². The van der Waals surface area contributed by atoms with E-state index in [2.05, 4.69) is 12.1 Å². The van der Waals surface area contributed by atoms with E-state index >= 15 is 0 Å². The maximum absolute atomic E-state index is 12.8. The van der Waals surface area contributed by atoms with Crippen LogP contribution in [-0.2, 0) is 16.1 Å². The van der Waals surface area contributed by atoms with Gasteiger partial charge in [0.25, 0.3) is 5.91 Å². The van der Waals surface area contributed by atoms with Gasteiger partial charge in [-0.15, -0.1) is 0 Å². The third-order valence-electron chi connectivity index (χ3n) is 6.56. The zero-order valence-corrected chi connectivity index (χ0v) is 22.2. The number of likely N-dealkylation sites (N-methyl/N-ethyl adjacent to an activating group) is 1. The van der Waals surface area contributed by atoms with E-state index < -0.39 is 5.97 Å². The Labute approximate surface area is 227 Å². The summed E-state index contributed by atoms with van der Waals surface area (Å²) in [5.41, 5.74) is 8.27. The number of rotatable bonds is 7. The highest BCUT2D eigenvalue weighted by atomic mass is 16.5. The van der Waals surface area contributed by atoms with Crippen molar-refractivity contribution in [3.8, 4) is 22.5 Å². The lowest BCUT2D eigenvalue weighted by molar-refractivity contribution is -0.133. The van der Waals surface area contributed by atoms with E-state index in [0.29, 0.717) is 23.1 Å². The lowest BCUT2D eigenvalue weighted by Gasteiger charge is -2.17. The first-order chi connectivity index (χ1) is 18.9. The number of carbonyl (C=O) groups is 2. The highest BCUT2D eigenvalue weighted by Crippen LogP contribution is 2.31. The van der Waals surface area contributed by atoms with Crippen molar-refractivity contribution in [3.05, 3.63) is 119 Å². The van der Waals surface area contributed by atoms with Crippen LogP contribution in [0.15, 0.2) is 97.1 Å². The van der Waals surface area contributed by atoms with Crippen LogP contribution >= 0.6 is 0 Å². The quantitative estimate of drug-likeness (QED) is 0.235. The number of aryl methyl sites for hydroxylation is 2. The predicted molar refractivity (Wildman–Crippen MR) is 153 cm³/mol. The number of benzene rings is 4. The number of nitrogens with zero attached hydrogens (tertiary/aromatic N) is 3. The van der Waals surface area contributed by atoms with E-state index in [1.54, 1.807) is 25.2 Å². The molecule has 1 aromatic heterocycles. The van der Waals surface area contributed by atoms with Gasteiger partial charge in [0.2, 0.25) is 0 Å². The van der Waals surface area contributed by atoms with Crippen LogP contribution in [0.5, 0.6) is 0 Å². The minimum absolute atomic E-state index is 0.280. The molecular weight excluding hydrogens is 486 g/mol. The monoisotopic (exact) mass is 515 g/mol. The summed E-state index contributed by atoms with van der Waals surface area (Å²) in [6.07, 6.45) is 0. The van der Waals surface area contributed by atoms with Crippen LogP contribution in [0.1, 0.15) is 27.0 Å². The second kappa shape index (κ2) is 11.3. The van der Waals surface area contributed by atoms with Crippen LogP contribution in [0.25, 0.3) is 33.5 Å². The molecule has 6 heteroatoms. The smallest absolute Gasteiger partial charge is 0.338 e. The SMILES string of the molecule is Cc1ccc(-c2nc3ccc(C(=O)OCC(=O)N(C)Cc4ccccc4)cc3nc2-c2ccc(C)cc2)cc1. The molecule has 0 aliphatic rings. The van der Waals surface area contributed by atoms with Crippen molar-refractivity contribution in [2.45, 2.75) is 20.4 Å². The summed E-state index contributed by atoms with van der Waals surface area (Å²) in [5, 5.41) is 0. The number of esters is 1.